The summed E-state index contributed by atoms with van der Waals surface area (Å²) >= 11 is 0. The minimum absolute atomic E-state index is 0.0498. The van der Waals surface area contributed by atoms with Crippen LogP contribution in [-0.2, 0) is 4.79 Å². The van der Waals surface area contributed by atoms with E-state index < -0.39 is 0 Å². The van der Waals surface area contributed by atoms with Crippen molar-refractivity contribution < 1.29 is 9.59 Å². The van der Waals surface area contributed by atoms with Crippen molar-refractivity contribution in [3.05, 3.63) is 36.2 Å². The second-order valence-electron chi connectivity index (χ2n) is 4.85. The Morgan fingerprint density at radius 1 is 1.29 bits per heavy atom. The molecule has 1 saturated heterocycles. The number of tetrazole rings is 1. The molecule has 21 heavy (non-hydrogen) atoms. The fourth-order valence-electron chi connectivity index (χ4n) is 2.18. The van der Waals surface area contributed by atoms with E-state index in [1.54, 1.807) is 35.0 Å². The molecule has 1 aliphatic rings. The number of nitrogens with zero attached hydrogens (tertiary/aromatic N) is 6. The number of aromatic nitrogens is 4. The fourth-order valence-corrected chi connectivity index (χ4v) is 2.18. The van der Waals surface area contributed by atoms with E-state index in [1.807, 2.05) is 6.07 Å². The lowest BCUT2D eigenvalue weighted by Gasteiger charge is -2.32. The van der Waals surface area contributed by atoms with Gasteiger partial charge in [-0.25, -0.2) is 4.68 Å². The standard InChI is InChI=1S/C13H14N6O2/c1-17-5-6-18(8-12(17)20)13(21)10-3-2-4-11(7-10)19-9-14-15-16-19/h2-4,7,9H,5-6,8H2,1H3. The number of likely N-dealkylation sites (N-methyl/N-ethyl adjacent to an activating group) is 1. The summed E-state index contributed by atoms with van der Waals surface area (Å²) in [6.45, 7) is 1.21. The van der Waals surface area contributed by atoms with E-state index >= 15 is 0 Å². The third-order valence-corrected chi connectivity index (χ3v) is 3.45. The number of amides is 2. The second-order valence-corrected chi connectivity index (χ2v) is 4.85. The van der Waals surface area contributed by atoms with E-state index in [2.05, 4.69) is 15.5 Å². The number of piperazine rings is 1. The molecular formula is C13H14N6O2. The fraction of sp³-hybridized carbons (Fsp3) is 0.308. The molecule has 0 bridgehead atoms. The van der Waals surface area contributed by atoms with Crippen LogP contribution in [0.2, 0.25) is 0 Å². The van der Waals surface area contributed by atoms with Gasteiger partial charge in [-0.05, 0) is 28.6 Å². The van der Waals surface area contributed by atoms with Gasteiger partial charge >= 0.3 is 0 Å². The van der Waals surface area contributed by atoms with Crippen molar-refractivity contribution in [2.45, 2.75) is 0 Å². The van der Waals surface area contributed by atoms with Crippen LogP contribution in [0, 0.1) is 0 Å². The van der Waals surface area contributed by atoms with Crippen LogP contribution < -0.4 is 0 Å². The largest absolute Gasteiger partial charge is 0.342 e. The van der Waals surface area contributed by atoms with E-state index in [-0.39, 0.29) is 18.4 Å². The Morgan fingerprint density at radius 2 is 2.14 bits per heavy atom. The molecule has 8 nitrogen and oxygen atoms in total. The lowest BCUT2D eigenvalue weighted by atomic mass is 10.1. The van der Waals surface area contributed by atoms with Crippen molar-refractivity contribution >= 4 is 11.8 Å². The highest BCUT2D eigenvalue weighted by Gasteiger charge is 2.25. The quantitative estimate of drug-likeness (QED) is 0.748. The third kappa shape index (κ3) is 2.60. The Hall–Kier alpha value is -2.77. The highest BCUT2D eigenvalue weighted by molar-refractivity contribution is 5.97. The number of carbonyl (C=O) groups is 2. The summed E-state index contributed by atoms with van der Waals surface area (Å²) in [5.74, 6) is -0.211. The van der Waals surface area contributed by atoms with E-state index in [0.717, 1.165) is 0 Å². The molecule has 2 amide bonds. The normalized spacial score (nSPS) is 15.4. The average Bonchev–Trinajstić information content (AvgIpc) is 3.04. The Labute approximate surface area is 120 Å². The highest BCUT2D eigenvalue weighted by atomic mass is 16.2. The monoisotopic (exact) mass is 286 g/mol. The Balaban J connectivity index is 1.82. The molecule has 2 heterocycles. The molecule has 1 aromatic carbocycles. The van der Waals surface area contributed by atoms with Crippen LogP contribution >= 0.6 is 0 Å². The van der Waals surface area contributed by atoms with Crippen LogP contribution in [0.25, 0.3) is 5.69 Å². The number of hydrogen-bond donors (Lipinski definition) is 0. The molecular weight excluding hydrogens is 272 g/mol. The van der Waals surface area contributed by atoms with E-state index in [1.165, 1.54) is 11.0 Å². The SMILES string of the molecule is CN1CCN(C(=O)c2cccc(-n3cnnn3)c2)CC1=O. The summed E-state index contributed by atoms with van der Waals surface area (Å²) in [5.41, 5.74) is 1.21. The molecule has 1 aromatic heterocycles. The van der Waals surface area contributed by atoms with Gasteiger partial charge in [-0.15, -0.1) is 5.10 Å². The van der Waals surface area contributed by atoms with Gasteiger partial charge in [0.15, 0.2) is 0 Å². The summed E-state index contributed by atoms with van der Waals surface area (Å²) in [6, 6.07) is 7.00. The second kappa shape index (κ2) is 5.31. The van der Waals surface area contributed by atoms with E-state index in [4.69, 9.17) is 0 Å². The summed E-state index contributed by atoms with van der Waals surface area (Å²) in [4.78, 5) is 27.3. The lowest BCUT2D eigenvalue weighted by molar-refractivity contribution is -0.133. The van der Waals surface area contributed by atoms with Gasteiger partial charge in [-0.2, -0.15) is 0 Å². The Morgan fingerprint density at radius 3 is 2.86 bits per heavy atom. The van der Waals surface area contributed by atoms with Gasteiger partial charge < -0.3 is 9.80 Å². The first kappa shape index (κ1) is 13.2. The number of benzene rings is 1. The highest BCUT2D eigenvalue weighted by Crippen LogP contribution is 2.13. The molecule has 0 atom stereocenters. The maximum absolute atomic E-state index is 12.5. The van der Waals surface area contributed by atoms with Gasteiger partial charge in [-0.3, -0.25) is 9.59 Å². The van der Waals surface area contributed by atoms with Gasteiger partial charge in [-0.1, -0.05) is 6.07 Å². The minimum atomic E-state index is -0.161. The summed E-state index contributed by atoms with van der Waals surface area (Å²) in [7, 11) is 1.74. The van der Waals surface area contributed by atoms with E-state index in [0.29, 0.717) is 24.3 Å². The van der Waals surface area contributed by atoms with Crippen LogP contribution in [0.1, 0.15) is 10.4 Å². The average molecular weight is 286 g/mol. The zero-order valence-corrected chi connectivity index (χ0v) is 11.5. The molecule has 3 rings (SSSR count). The molecule has 0 saturated carbocycles. The van der Waals surface area contributed by atoms with Gasteiger partial charge in [0.25, 0.3) is 5.91 Å². The van der Waals surface area contributed by atoms with Crippen LogP contribution in [0.5, 0.6) is 0 Å². The van der Waals surface area contributed by atoms with Crippen LogP contribution in [0.3, 0.4) is 0 Å². The Bertz CT molecular complexity index is 669. The summed E-state index contributed by atoms with van der Waals surface area (Å²) in [6.07, 6.45) is 1.46. The van der Waals surface area contributed by atoms with Gasteiger partial charge in [0.05, 0.1) is 5.69 Å². The topological polar surface area (TPSA) is 84.2 Å². The zero-order chi connectivity index (χ0) is 14.8. The van der Waals surface area contributed by atoms with Gasteiger partial charge in [0.2, 0.25) is 5.91 Å². The minimum Gasteiger partial charge on any atom is -0.342 e. The van der Waals surface area contributed by atoms with Crippen molar-refractivity contribution in [1.29, 1.82) is 0 Å². The van der Waals surface area contributed by atoms with Crippen molar-refractivity contribution in [2.24, 2.45) is 0 Å². The molecule has 0 spiro atoms. The third-order valence-electron chi connectivity index (χ3n) is 3.45. The number of carbonyl (C=O) groups excluding carboxylic acids is 2. The molecule has 8 heteroatoms. The smallest absolute Gasteiger partial charge is 0.254 e. The van der Waals surface area contributed by atoms with E-state index in [9.17, 15) is 9.59 Å². The first-order valence-corrected chi connectivity index (χ1v) is 6.52. The molecule has 0 aliphatic carbocycles. The van der Waals surface area contributed by atoms with Crippen LogP contribution in [0.15, 0.2) is 30.6 Å². The maximum atomic E-state index is 12.5. The molecule has 1 aliphatic heterocycles. The van der Waals surface area contributed by atoms with Crippen molar-refractivity contribution in [2.75, 3.05) is 26.7 Å². The number of hydrogen-bond acceptors (Lipinski definition) is 5. The molecule has 108 valence electrons. The van der Waals surface area contributed by atoms with Crippen LogP contribution in [0.4, 0.5) is 0 Å². The first-order valence-electron chi connectivity index (χ1n) is 6.52. The zero-order valence-electron chi connectivity index (χ0n) is 11.5. The van der Waals surface area contributed by atoms with Crippen molar-refractivity contribution in [3.63, 3.8) is 0 Å². The predicted molar refractivity (Wildman–Crippen MR) is 72.7 cm³/mol. The lowest BCUT2D eigenvalue weighted by Crippen LogP contribution is -2.50. The van der Waals surface area contributed by atoms with Gasteiger partial charge in [0.1, 0.15) is 12.9 Å². The van der Waals surface area contributed by atoms with Crippen LogP contribution in [-0.4, -0.2) is 68.5 Å². The number of rotatable bonds is 2. The first-order chi connectivity index (χ1) is 10.1. The van der Waals surface area contributed by atoms with Crippen molar-refractivity contribution in [3.8, 4) is 5.69 Å². The molecule has 2 aromatic rings. The Kier molecular flexibility index (Phi) is 3.35. The molecule has 0 unspecified atom stereocenters. The maximum Gasteiger partial charge on any atom is 0.254 e. The summed E-state index contributed by atoms with van der Waals surface area (Å²) < 4.78 is 1.48. The predicted octanol–water partition coefficient (Wildman–Crippen LogP) is -0.423. The van der Waals surface area contributed by atoms with Crippen molar-refractivity contribution in [1.82, 2.24) is 30.0 Å². The van der Waals surface area contributed by atoms with Gasteiger partial charge in [0, 0.05) is 25.7 Å². The molecule has 0 N–H and O–H groups in total. The molecule has 0 radical (unpaired) electrons. The molecule has 1 fully saturated rings. The summed E-state index contributed by atoms with van der Waals surface area (Å²) in [5, 5.41) is 10.9.